The minimum atomic E-state index is 0.327. The van der Waals surface area contributed by atoms with Gasteiger partial charge in [-0.2, -0.15) is 0 Å². The van der Waals surface area contributed by atoms with Gasteiger partial charge in [-0.05, 0) is 41.5 Å². The highest BCUT2D eigenvalue weighted by Crippen LogP contribution is 2.29. The predicted molar refractivity (Wildman–Crippen MR) is 80.1 cm³/mol. The maximum atomic E-state index is 11.2. The summed E-state index contributed by atoms with van der Waals surface area (Å²) in [7, 11) is 0. The number of hydrogen-bond acceptors (Lipinski definition) is 3. The van der Waals surface area contributed by atoms with Crippen LogP contribution in [0.4, 0.5) is 11.4 Å². The third kappa shape index (κ3) is 4.11. The van der Waals surface area contributed by atoms with Crippen LogP contribution < -0.4 is 0 Å². The molecule has 1 fully saturated rings. The highest BCUT2D eigenvalue weighted by atomic mass is 16.1. The fourth-order valence-corrected chi connectivity index (χ4v) is 2.32. The Morgan fingerprint density at radius 2 is 1.86 bits per heavy atom. The van der Waals surface area contributed by atoms with E-state index in [0.717, 1.165) is 18.4 Å². The molecule has 0 heterocycles. The van der Waals surface area contributed by atoms with Crippen LogP contribution in [0.3, 0.4) is 0 Å². The van der Waals surface area contributed by atoms with Crippen LogP contribution in [0.15, 0.2) is 34.5 Å². The Bertz CT molecular complexity index is 658. The number of hydrogen-bond donors (Lipinski definition) is 0. The quantitative estimate of drug-likeness (QED) is 0.413. The van der Waals surface area contributed by atoms with Gasteiger partial charge < -0.3 is 0 Å². The van der Waals surface area contributed by atoms with E-state index in [4.69, 9.17) is 11.1 Å². The van der Waals surface area contributed by atoms with E-state index in [9.17, 15) is 4.79 Å². The van der Waals surface area contributed by atoms with Gasteiger partial charge in [-0.25, -0.2) is 0 Å². The number of azide groups is 2. The zero-order valence-corrected chi connectivity index (χ0v) is 11.4. The van der Waals surface area contributed by atoms with Crippen molar-refractivity contribution >= 4 is 23.2 Å². The lowest BCUT2D eigenvalue weighted by atomic mass is 9.88. The van der Waals surface area contributed by atoms with Crippen LogP contribution in [0.25, 0.3) is 27.0 Å². The molecule has 0 N–H and O–H groups in total. The summed E-state index contributed by atoms with van der Waals surface area (Å²) in [4.78, 5) is 16.7. The molecule has 1 aliphatic carbocycles. The monoisotopic (exact) mass is 282 g/mol. The van der Waals surface area contributed by atoms with Crippen molar-refractivity contribution in [3.63, 3.8) is 0 Å². The molecule has 0 spiro atoms. The third-order valence-corrected chi connectivity index (χ3v) is 3.46. The van der Waals surface area contributed by atoms with Crippen LogP contribution in [0, 0.1) is 5.92 Å². The second kappa shape index (κ2) is 7.14. The minimum Gasteiger partial charge on any atom is -0.300 e. The van der Waals surface area contributed by atoms with Crippen molar-refractivity contribution in [2.24, 2.45) is 16.1 Å². The van der Waals surface area contributed by atoms with Gasteiger partial charge >= 0.3 is 0 Å². The van der Waals surface area contributed by atoms with E-state index >= 15 is 0 Å². The van der Waals surface area contributed by atoms with Gasteiger partial charge in [-0.3, -0.25) is 4.79 Å². The van der Waals surface area contributed by atoms with Crippen molar-refractivity contribution in [3.8, 4) is 0 Å². The molecular weight excluding hydrogens is 268 g/mol. The largest absolute Gasteiger partial charge is 0.300 e. The molecule has 7 nitrogen and oxygen atoms in total. The zero-order valence-electron chi connectivity index (χ0n) is 11.4. The Morgan fingerprint density at radius 3 is 2.52 bits per heavy atom. The molecule has 1 aromatic carbocycles. The van der Waals surface area contributed by atoms with Gasteiger partial charge in [0.05, 0.1) is 0 Å². The van der Waals surface area contributed by atoms with Gasteiger partial charge in [-0.1, -0.05) is 34.5 Å². The summed E-state index contributed by atoms with van der Waals surface area (Å²) in [5, 5.41) is 7.10. The fourth-order valence-electron chi connectivity index (χ4n) is 2.32. The van der Waals surface area contributed by atoms with E-state index in [2.05, 4.69) is 20.1 Å². The standard InChI is InChI=1S/C14H14N6O/c15-19-17-12-6-5-11(14(9-12)18-20-16)4-1-10-2-7-13(21)8-3-10/h1,4-6,9-10H,2-3,7-8H2/b4-1+. The molecule has 2 rings (SSSR count). The molecular formula is C14H14N6O. The first-order chi connectivity index (χ1) is 10.2. The molecule has 21 heavy (non-hydrogen) atoms. The van der Waals surface area contributed by atoms with Crippen LogP contribution in [-0.4, -0.2) is 5.78 Å². The number of allylic oxidation sites excluding steroid dienone is 1. The molecule has 0 unspecified atom stereocenters. The maximum absolute atomic E-state index is 11.2. The summed E-state index contributed by atoms with van der Waals surface area (Å²) in [5.74, 6) is 0.701. The normalized spacial score (nSPS) is 15.5. The molecule has 0 atom stereocenters. The van der Waals surface area contributed by atoms with Crippen molar-refractivity contribution in [2.45, 2.75) is 25.7 Å². The Labute approximate surface area is 121 Å². The Balaban J connectivity index is 2.20. The van der Waals surface area contributed by atoms with Crippen LogP contribution in [0.5, 0.6) is 0 Å². The summed E-state index contributed by atoms with van der Waals surface area (Å²) in [6.07, 6.45) is 6.93. The van der Waals surface area contributed by atoms with Gasteiger partial charge in [0.1, 0.15) is 5.78 Å². The average molecular weight is 282 g/mol. The molecule has 0 aromatic heterocycles. The van der Waals surface area contributed by atoms with Gasteiger partial charge in [0.25, 0.3) is 0 Å². The summed E-state index contributed by atoms with van der Waals surface area (Å²) in [5.41, 5.74) is 18.6. The van der Waals surface area contributed by atoms with Crippen LogP contribution >= 0.6 is 0 Å². The summed E-state index contributed by atoms with van der Waals surface area (Å²) in [6, 6.07) is 4.96. The first-order valence-corrected chi connectivity index (χ1v) is 6.67. The zero-order chi connectivity index (χ0) is 15.1. The molecule has 1 aromatic rings. The van der Waals surface area contributed by atoms with Crippen molar-refractivity contribution in [3.05, 3.63) is 50.7 Å². The molecule has 7 heteroatoms. The lowest BCUT2D eigenvalue weighted by Crippen LogP contribution is -2.11. The Kier molecular flexibility index (Phi) is 4.99. The predicted octanol–water partition coefficient (Wildman–Crippen LogP) is 5.34. The SMILES string of the molecule is [N-]=[N+]=Nc1ccc(/C=C/C2CCC(=O)CC2)c(N=[N+]=[N-])c1. The average Bonchev–Trinajstić information content (AvgIpc) is 2.49. The molecule has 1 aliphatic rings. The topological polar surface area (TPSA) is 115 Å². The third-order valence-electron chi connectivity index (χ3n) is 3.46. The van der Waals surface area contributed by atoms with Crippen LogP contribution in [0.2, 0.25) is 0 Å². The number of carbonyl (C=O) groups is 1. The molecule has 0 amide bonds. The molecule has 0 aliphatic heterocycles. The second-order valence-electron chi connectivity index (χ2n) is 4.86. The molecule has 1 saturated carbocycles. The number of benzene rings is 1. The van der Waals surface area contributed by atoms with Crippen molar-refractivity contribution in [1.29, 1.82) is 0 Å². The smallest absolute Gasteiger partial charge is 0.132 e. The van der Waals surface area contributed by atoms with Crippen molar-refractivity contribution < 1.29 is 4.79 Å². The number of ketones is 1. The fraction of sp³-hybridized carbons (Fsp3) is 0.357. The van der Waals surface area contributed by atoms with Gasteiger partial charge in [0.15, 0.2) is 0 Å². The summed E-state index contributed by atoms with van der Waals surface area (Å²) < 4.78 is 0. The van der Waals surface area contributed by atoms with Gasteiger partial charge in [0.2, 0.25) is 0 Å². The van der Waals surface area contributed by atoms with Crippen molar-refractivity contribution in [1.82, 2.24) is 0 Å². The van der Waals surface area contributed by atoms with E-state index in [-0.39, 0.29) is 0 Å². The minimum absolute atomic E-state index is 0.327. The van der Waals surface area contributed by atoms with Gasteiger partial charge in [0, 0.05) is 34.0 Å². The highest BCUT2D eigenvalue weighted by Gasteiger charge is 2.16. The number of Topliss-reactive ketones (excluding diaryl/α,β-unsaturated/α-hetero) is 1. The second-order valence-corrected chi connectivity index (χ2v) is 4.86. The van der Waals surface area contributed by atoms with Crippen molar-refractivity contribution in [2.75, 3.05) is 0 Å². The molecule has 0 radical (unpaired) electrons. The Hall–Kier alpha value is -2.75. The first-order valence-electron chi connectivity index (χ1n) is 6.67. The van der Waals surface area contributed by atoms with E-state index in [0.29, 0.717) is 35.9 Å². The highest BCUT2D eigenvalue weighted by molar-refractivity contribution is 5.79. The molecule has 106 valence electrons. The van der Waals surface area contributed by atoms with E-state index in [1.165, 1.54) is 0 Å². The van der Waals surface area contributed by atoms with E-state index < -0.39 is 0 Å². The summed E-state index contributed by atoms with van der Waals surface area (Å²) >= 11 is 0. The van der Waals surface area contributed by atoms with Crippen LogP contribution in [0.1, 0.15) is 31.2 Å². The maximum Gasteiger partial charge on any atom is 0.132 e. The Morgan fingerprint density at radius 1 is 1.14 bits per heavy atom. The van der Waals surface area contributed by atoms with Gasteiger partial charge in [-0.15, -0.1) is 0 Å². The number of rotatable bonds is 4. The van der Waals surface area contributed by atoms with E-state index in [1.807, 2.05) is 12.2 Å². The lowest BCUT2D eigenvalue weighted by Gasteiger charge is -2.17. The van der Waals surface area contributed by atoms with Crippen LogP contribution in [-0.2, 0) is 4.79 Å². The molecule has 0 bridgehead atoms. The number of carbonyl (C=O) groups excluding carboxylic acids is 1. The lowest BCUT2D eigenvalue weighted by molar-refractivity contribution is -0.120. The molecule has 0 saturated heterocycles. The van der Waals surface area contributed by atoms with E-state index in [1.54, 1.807) is 18.2 Å². The summed E-state index contributed by atoms with van der Waals surface area (Å²) in [6.45, 7) is 0. The first kappa shape index (κ1) is 14.7. The number of nitrogens with zero attached hydrogens (tertiary/aromatic N) is 6.